The third-order valence-corrected chi connectivity index (χ3v) is 6.09. The van der Waals surface area contributed by atoms with Crippen molar-refractivity contribution in [2.75, 3.05) is 7.11 Å². The molecule has 36 heavy (non-hydrogen) atoms. The van der Waals surface area contributed by atoms with Crippen LogP contribution in [0.5, 0.6) is 11.5 Å². The van der Waals surface area contributed by atoms with E-state index in [4.69, 9.17) is 26.0 Å². The Morgan fingerprint density at radius 3 is 2.47 bits per heavy atom. The van der Waals surface area contributed by atoms with Crippen molar-refractivity contribution in [3.05, 3.63) is 105 Å². The predicted octanol–water partition coefficient (Wildman–Crippen LogP) is 5.82. The Balaban J connectivity index is 1.80. The van der Waals surface area contributed by atoms with Crippen LogP contribution >= 0.6 is 0 Å². The number of nitrogens with two attached hydrogens (primary N) is 1. The van der Waals surface area contributed by atoms with Crippen LogP contribution < -0.4 is 20.8 Å². The van der Waals surface area contributed by atoms with Gasteiger partial charge in [0.2, 0.25) is 5.88 Å². The van der Waals surface area contributed by atoms with Gasteiger partial charge in [0.05, 0.1) is 35.1 Å². The normalized spacial score (nSPS) is 15.2. The highest BCUT2D eigenvalue weighted by Crippen LogP contribution is 2.46. The summed E-state index contributed by atoms with van der Waals surface area (Å²) in [5.41, 5.74) is 5.73. The summed E-state index contributed by atoms with van der Waals surface area (Å²) in [4.78, 5) is 13.1. The Morgan fingerprint density at radius 2 is 1.75 bits per heavy atom. The van der Waals surface area contributed by atoms with Gasteiger partial charge < -0.3 is 19.6 Å². The maximum atomic E-state index is 13.8. The van der Waals surface area contributed by atoms with Crippen LogP contribution in [0, 0.1) is 12.3 Å². The summed E-state index contributed by atoms with van der Waals surface area (Å²) in [7, 11) is 1.37. The molecule has 0 aliphatic carbocycles. The number of alkyl halides is 3. The summed E-state index contributed by atoms with van der Waals surface area (Å²) in [6.45, 7) is 0. The van der Waals surface area contributed by atoms with Crippen LogP contribution in [0.15, 0.2) is 87.4 Å². The number of terminal acetylenes is 1. The molecule has 0 saturated heterocycles. The van der Waals surface area contributed by atoms with E-state index in [1.54, 1.807) is 30.3 Å². The predicted molar refractivity (Wildman–Crippen MR) is 128 cm³/mol. The number of fused-ring (bicyclic) bond motifs is 3. The summed E-state index contributed by atoms with van der Waals surface area (Å²) in [6, 6.07) is 16.6. The zero-order chi connectivity index (χ0) is 25.6. The zero-order valence-corrected chi connectivity index (χ0v) is 18.8. The summed E-state index contributed by atoms with van der Waals surface area (Å²) < 4.78 is 58.2. The van der Waals surface area contributed by atoms with Gasteiger partial charge in [0.15, 0.2) is 5.75 Å². The van der Waals surface area contributed by atoms with Crippen molar-refractivity contribution in [1.29, 1.82) is 0 Å². The van der Waals surface area contributed by atoms with Gasteiger partial charge in [-0.25, -0.2) is 4.79 Å². The maximum absolute atomic E-state index is 13.8. The van der Waals surface area contributed by atoms with Gasteiger partial charge in [-0.2, -0.15) is 13.2 Å². The molecule has 3 aromatic carbocycles. The van der Waals surface area contributed by atoms with Crippen LogP contribution in [-0.2, 0) is 6.18 Å². The van der Waals surface area contributed by atoms with Crippen LogP contribution in [0.2, 0.25) is 0 Å². The lowest BCUT2D eigenvalue weighted by molar-refractivity contribution is -0.137. The first kappa shape index (κ1) is 23.1. The first-order chi connectivity index (χ1) is 17.2. The second-order valence-corrected chi connectivity index (χ2v) is 8.09. The van der Waals surface area contributed by atoms with Crippen LogP contribution in [0.4, 0.5) is 13.2 Å². The Bertz CT molecular complexity index is 1640. The number of allylic oxidation sites excluding steroid dienone is 1. The molecule has 5 nitrogen and oxygen atoms in total. The third-order valence-electron chi connectivity index (χ3n) is 6.09. The smallest absolute Gasteiger partial charge is 0.417 e. The van der Waals surface area contributed by atoms with E-state index in [2.05, 4.69) is 5.92 Å². The van der Waals surface area contributed by atoms with Crippen molar-refractivity contribution in [3.63, 3.8) is 0 Å². The standard InChI is InChI=1S/C28H18F3NO4/c1-3-16-23(24-25(36-26(16)32)18-9-5-7-11-22(18)35-27(24)33)15-12-13-21(34-2)19(14-15)17-8-4-6-10-20(17)28(29,30)31/h1,4-14,23H,32H2,2H3. The number of ether oxygens (including phenoxy) is 2. The summed E-state index contributed by atoms with van der Waals surface area (Å²) in [6.07, 6.45) is 1.15. The molecule has 0 saturated carbocycles. The van der Waals surface area contributed by atoms with Crippen LogP contribution in [0.1, 0.15) is 22.6 Å². The molecule has 1 aromatic heterocycles. The van der Waals surface area contributed by atoms with Crippen LogP contribution in [-0.4, -0.2) is 7.11 Å². The Morgan fingerprint density at radius 1 is 1.03 bits per heavy atom. The SMILES string of the molecule is C#CC1=C(N)Oc2c(c(=O)oc3ccccc23)C1c1ccc(OC)c(-c2ccccc2C(F)(F)F)c1. The fourth-order valence-corrected chi connectivity index (χ4v) is 4.51. The van der Waals surface area contributed by atoms with Crippen molar-refractivity contribution in [2.45, 2.75) is 12.1 Å². The molecule has 5 rings (SSSR count). The second-order valence-electron chi connectivity index (χ2n) is 8.09. The van der Waals surface area contributed by atoms with Crippen LogP contribution in [0.3, 0.4) is 0 Å². The van der Waals surface area contributed by atoms with E-state index in [9.17, 15) is 18.0 Å². The molecule has 0 radical (unpaired) electrons. The molecule has 8 heteroatoms. The molecular formula is C28H18F3NO4. The van der Waals surface area contributed by atoms with Crippen molar-refractivity contribution in [1.82, 2.24) is 0 Å². The number of hydrogen-bond acceptors (Lipinski definition) is 5. The van der Waals surface area contributed by atoms with E-state index in [0.717, 1.165) is 6.07 Å². The first-order valence-corrected chi connectivity index (χ1v) is 10.8. The lowest BCUT2D eigenvalue weighted by Gasteiger charge is -2.27. The Kier molecular flexibility index (Phi) is 5.48. The molecule has 180 valence electrons. The van der Waals surface area contributed by atoms with E-state index in [1.807, 2.05) is 0 Å². The fourth-order valence-electron chi connectivity index (χ4n) is 4.51. The molecule has 2 N–H and O–H groups in total. The molecule has 0 fully saturated rings. The van der Waals surface area contributed by atoms with Crippen molar-refractivity contribution in [3.8, 4) is 35.0 Å². The lowest BCUT2D eigenvalue weighted by Crippen LogP contribution is -2.26. The van der Waals surface area contributed by atoms with Crippen LogP contribution in [0.25, 0.3) is 22.1 Å². The zero-order valence-electron chi connectivity index (χ0n) is 18.8. The molecular weight excluding hydrogens is 471 g/mol. The second kappa shape index (κ2) is 8.54. The Labute approximate surface area is 203 Å². The third kappa shape index (κ3) is 3.66. The number of hydrogen-bond donors (Lipinski definition) is 1. The van der Waals surface area contributed by atoms with Gasteiger partial charge in [-0.1, -0.05) is 42.3 Å². The highest BCUT2D eigenvalue weighted by atomic mass is 19.4. The van der Waals surface area contributed by atoms with Gasteiger partial charge >= 0.3 is 11.8 Å². The number of halogens is 3. The molecule has 0 amide bonds. The van der Waals surface area contributed by atoms with E-state index in [1.165, 1.54) is 37.4 Å². The highest BCUT2D eigenvalue weighted by molar-refractivity contribution is 5.86. The average Bonchev–Trinajstić information content (AvgIpc) is 2.87. The summed E-state index contributed by atoms with van der Waals surface area (Å²) in [5.74, 6) is 1.89. The fraction of sp³-hybridized carbons (Fsp3) is 0.107. The largest absolute Gasteiger partial charge is 0.496 e. The minimum absolute atomic E-state index is 0.0826. The summed E-state index contributed by atoms with van der Waals surface area (Å²) >= 11 is 0. The van der Waals surface area contributed by atoms with Gasteiger partial charge in [0.25, 0.3) is 0 Å². The number of rotatable bonds is 3. The molecule has 1 atom stereocenters. The average molecular weight is 489 g/mol. The monoisotopic (exact) mass is 489 g/mol. The highest BCUT2D eigenvalue weighted by Gasteiger charge is 2.37. The number of methoxy groups -OCH3 is 1. The van der Waals surface area contributed by atoms with Crippen molar-refractivity contribution >= 4 is 11.0 Å². The number of para-hydroxylation sites is 1. The van der Waals surface area contributed by atoms with Gasteiger partial charge in [0, 0.05) is 5.56 Å². The number of benzene rings is 3. The maximum Gasteiger partial charge on any atom is 0.417 e. The molecule has 2 heterocycles. The molecule has 0 bridgehead atoms. The quantitative estimate of drug-likeness (QED) is 0.290. The lowest BCUT2D eigenvalue weighted by atomic mass is 9.82. The minimum Gasteiger partial charge on any atom is -0.496 e. The van der Waals surface area contributed by atoms with E-state index in [0.29, 0.717) is 16.5 Å². The molecule has 1 aliphatic rings. The molecule has 0 spiro atoms. The van der Waals surface area contributed by atoms with E-state index >= 15 is 0 Å². The molecule has 4 aromatic rings. The van der Waals surface area contributed by atoms with Gasteiger partial charge in [-0.3, -0.25) is 0 Å². The minimum atomic E-state index is -4.60. The first-order valence-electron chi connectivity index (χ1n) is 10.8. The van der Waals surface area contributed by atoms with Gasteiger partial charge in [0.1, 0.15) is 11.3 Å². The van der Waals surface area contributed by atoms with E-state index < -0.39 is 23.3 Å². The van der Waals surface area contributed by atoms with Gasteiger partial charge in [-0.05, 0) is 41.5 Å². The van der Waals surface area contributed by atoms with Gasteiger partial charge in [-0.15, -0.1) is 6.42 Å². The van der Waals surface area contributed by atoms with Crippen molar-refractivity contribution in [2.24, 2.45) is 5.73 Å². The van der Waals surface area contributed by atoms with Crippen molar-refractivity contribution < 1.29 is 27.1 Å². The van der Waals surface area contributed by atoms with E-state index in [-0.39, 0.29) is 39.6 Å². The molecule has 1 aliphatic heterocycles. The molecule has 1 unspecified atom stereocenters. The summed E-state index contributed by atoms with van der Waals surface area (Å²) in [5, 5.41) is 0.507. The Hall–Kier alpha value is -4.64. The topological polar surface area (TPSA) is 74.7 Å².